The Labute approximate surface area is 102 Å². The van der Waals surface area contributed by atoms with E-state index < -0.39 is 0 Å². The van der Waals surface area contributed by atoms with Crippen LogP contribution in [0.2, 0.25) is 0 Å². The van der Waals surface area contributed by atoms with Gasteiger partial charge in [0.1, 0.15) is 0 Å². The lowest BCUT2D eigenvalue weighted by Crippen LogP contribution is -2.09. The summed E-state index contributed by atoms with van der Waals surface area (Å²) >= 11 is 0. The highest BCUT2D eigenvalue weighted by atomic mass is 15.4. The molecule has 2 N–H and O–H groups in total. The Morgan fingerprint density at radius 3 is 2.06 bits per heavy atom. The molecular formula is C15H16N2. The molecule has 0 saturated carbocycles. The lowest BCUT2D eigenvalue weighted by Gasteiger charge is -1.92. The molecule has 2 nitrogen and oxygen atoms in total. The van der Waals surface area contributed by atoms with E-state index in [1.165, 1.54) is 5.56 Å². The second kappa shape index (κ2) is 5.21. The van der Waals surface area contributed by atoms with Crippen molar-refractivity contribution in [3.05, 3.63) is 72.3 Å². The van der Waals surface area contributed by atoms with Crippen LogP contribution in [0.15, 0.2) is 61.2 Å². The van der Waals surface area contributed by atoms with Crippen LogP contribution in [0.4, 0.5) is 5.69 Å². The standard InChI is InChI=1S/C8H8N2.C7H8/c1-6-7-4-2-3-5-8(7)10-9-6;1-7-5-3-2-4-6-7/h2-5,9-10H,1H2;2-6H,1H3. The fourth-order valence-electron chi connectivity index (χ4n) is 1.60. The topological polar surface area (TPSA) is 24.1 Å². The summed E-state index contributed by atoms with van der Waals surface area (Å²) in [6.45, 7) is 5.91. The molecule has 2 aromatic carbocycles. The summed E-state index contributed by atoms with van der Waals surface area (Å²) in [5.41, 5.74) is 10.5. The van der Waals surface area contributed by atoms with E-state index in [9.17, 15) is 0 Å². The maximum atomic E-state index is 3.82. The van der Waals surface area contributed by atoms with E-state index >= 15 is 0 Å². The first-order valence-electron chi connectivity index (χ1n) is 5.59. The maximum absolute atomic E-state index is 3.82. The van der Waals surface area contributed by atoms with Crippen LogP contribution in [-0.4, -0.2) is 0 Å². The molecule has 1 aliphatic heterocycles. The molecule has 0 spiro atoms. The zero-order valence-electron chi connectivity index (χ0n) is 9.90. The van der Waals surface area contributed by atoms with Gasteiger partial charge in [0.15, 0.2) is 0 Å². The fourth-order valence-corrected chi connectivity index (χ4v) is 1.60. The van der Waals surface area contributed by atoms with Crippen LogP contribution in [0.3, 0.4) is 0 Å². The Bertz CT molecular complexity index is 503. The number of hydrogen-bond donors (Lipinski definition) is 2. The van der Waals surface area contributed by atoms with Crippen molar-refractivity contribution < 1.29 is 0 Å². The van der Waals surface area contributed by atoms with Gasteiger partial charge in [-0.1, -0.05) is 60.7 Å². The van der Waals surface area contributed by atoms with Crippen molar-refractivity contribution in [1.82, 2.24) is 5.43 Å². The first kappa shape index (κ1) is 11.3. The molecule has 0 unspecified atom stereocenters. The van der Waals surface area contributed by atoms with Crippen LogP contribution in [0.1, 0.15) is 11.1 Å². The number of nitrogens with one attached hydrogen (secondary N) is 2. The summed E-state index contributed by atoms with van der Waals surface area (Å²) in [7, 11) is 0. The summed E-state index contributed by atoms with van der Waals surface area (Å²) in [6.07, 6.45) is 0. The van der Waals surface area contributed by atoms with Gasteiger partial charge in [-0.2, -0.15) is 0 Å². The normalized spacial score (nSPS) is 11.7. The highest BCUT2D eigenvalue weighted by molar-refractivity contribution is 5.79. The van der Waals surface area contributed by atoms with Gasteiger partial charge in [0.2, 0.25) is 0 Å². The first-order valence-corrected chi connectivity index (χ1v) is 5.59. The molecule has 0 radical (unpaired) electrons. The number of rotatable bonds is 0. The van der Waals surface area contributed by atoms with Crippen molar-refractivity contribution >= 4 is 11.4 Å². The van der Waals surface area contributed by atoms with Crippen molar-refractivity contribution in [2.45, 2.75) is 6.92 Å². The summed E-state index contributed by atoms with van der Waals surface area (Å²) < 4.78 is 0. The van der Waals surface area contributed by atoms with Gasteiger partial charge < -0.3 is 10.9 Å². The van der Waals surface area contributed by atoms with Crippen molar-refractivity contribution in [3.63, 3.8) is 0 Å². The maximum Gasteiger partial charge on any atom is 0.0633 e. The molecule has 0 bridgehead atoms. The molecule has 0 atom stereocenters. The highest BCUT2D eigenvalue weighted by Gasteiger charge is 2.10. The molecule has 2 heteroatoms. The van der Waals surface area contributed by atoms with Crippen LogP contribution in [0.25, 0.3) is 5.70 Å². The number of anilines is 1. The highest BCUT2D eigenvalue weighted by Crippen LogP contribution is 2.24. The number of hydrogen-bond acceptors (Lipinski definition) is 2. The van der Waals surface area contributed by atoms with Crippen molar-refractivity contribution in [2.24, 2.45) is 0 Å². The second-order valence-electron chi connectivity index (χ2n) is 3.93. The van der Waals surface area contributed by atoms with E-state index in [1.807, 2.05) is 42.5 Å². The van der Waals surface area contributed by atoms with Crippen molar-refractivity contribution in [3.8, 4) is 0 Å². The Morgan fingerprint density at radius 2 is 1.47 bits per heavy atom. The minimum atomic E-state index is 0.940. The van der Waals surface area contributed by atoms with Gasteiger partial charge in [0.05, 0.1) is 11.4 Å². The van der Waals surface area contributed by atoms with Gasteiger partial charge in [0, 0.05) is 5.56 Å². The monoisotopic (exact) mass is 224 g/mol. The molecule has 0 fully saturated rings. The number of aryl methyl sites for hydroxylation is 1. The number of fused-ring (bicyclic) bond motifs is 1. The second-order valence-corrected chi connectivity index (χ2v) is 3.93. The molecule has 3 rings (SSSR count). The third-order valence-electron chi connectivity index (χ3n) is 2.54. The summed E-state index contributed by atoms with van der Waals surface area (Å²) in [6, 6.07) is 18.3. The smallest absolute Gasteiger partial charge is 0.0633 e. The van der Waals surface area contributed by atoms with E-state index in [4.69, 9.17) is 0 Å². The molecule has 0 amide bonds. The number of para-hydroxylation sites is 1. The zero-order valence-corrected chi connectivity index (χ0v) is 9.90. The minimum absolute atomic E-state index is 0.940. The molecular weight excluding hydrogens is 208 g/mol. The number of hydrazine groups is 1. The van der Waals surface area contributed by atoms with Gasteiger partial charge in [-0.3, -0.25) is 0 Å². The number of benzene rings is 2. The first-order chi connectivity index (χ1) is 8.27. The molecule has 1 aliphatic rings. The van der Waals surface area contributed by atoms with Crippen LogP contribution >= 0.6 is 0 Å². The zero-order chi connectivity index (χ0) is 12.1. The van der Waals surface area contributed by atoms with E-state index in [0.29, 0.717) is 0 Å². The van der Waals surface area contributed by atoms with Gasteiger partial charge in [-0.15, -0.1) is 0 Å². The SMILES string of the molecule is C=C1NNc2ccccc21.Cc1ccccc1. The lowest BCUT2D eigenvalue weighted by molar-refractivity contribution is 1.14. The third kappa shape index (κ3) is 2.88. The van der Waals surface area contributed by atoms with Gasteiger partial charge >= 0.3 is 0 Å². The van der Waals surface area contributed by atoms with E-state index in [2.05, 4.69) is 36.5 Å². The molecule has 1 heterocycles. The third-order valence-corrected chi connectivity index (χ3v) is 2.54. The van der Waals surface area contributed by atoms with Gasteiger partial charge in [0.25, 0.3) is 0 Å². The van der Waals surface area contributed by atoms with Crippen LogP contribution in [-0.2, 0) is 0 Å². The van der Waals surface area contributed by atoms with Crippen molar-refractivity contribution in [1.29, 1.82) is 0 Å². The Morgan fingerprint density at radius 1 is 0.824 bits per heavy atom. The average molecular weight is 224 g/mol. The van der Waals surface area contributed by atoms with E-state index in [-0.39, 0.29) is 0 Å². The molecule has 86 valence electrons. The Kier molecular flexibility index (Phi) is 3.46. The van der Waals surface area contributed by atoms with Crippen LogP contribution in [0.5, 0.6) is 0 Å². The summed E-state index contributed by atoms with van der Waals surface area (Å²) in [5.74, 6) is 0. The molecule has 0 aliphatic carbocycles. The Balaban J connectivity index is 0.000000136. The Hall–Kier alpha value is -2.22. The van der Waals surface area contributed by atoms with Crippen molar-refractivity contribution in [2.75, 3.05) is 5.43 Å². The fraction of sp³-hybridized carbons (Fsp3) is 0.0667. The lowest BCUT2D eigenvalue weighted by atomic mass is 10.2. The predicted octanol–water partition coefficient (Wildman–Crippen LogP) is 3.58. The van der Waals surface area contributed by atoms with Crippen LogP contribution < -0.4 is 10.9 Å². The van der Waals surface area contributed by atoms with Crippen LogP contribution in [0, 0.1) is 6.92 Å². The quantitative estimate of drug-likeness (QED) is 0.714. The van der Waals surface area contributed by atoms with E-state index in [1.54, 1.807) is 0 Å². The molecule has 2 aromatic rings. The predicted molar refractivity (Wildman–Crippen MR) is 73.4 cm³/mol. The minimum Gasteiger partial charge on any atom is -0.301 e. The molecule has 17 heavy (non-hydrogen) atoms. The molecule has 0 saturated heterocycles. The average Bonchev–Trinajstić information content (AvgIpc) is 2.74. The molecule has 0 aromatic heterocycles. The van der Waals surface area contributed by atoms with E-state index in [0.717, 1.165) is 16.9 Å². The summed E-state index contributed by atoms with van der Waals surface area (Å²) in [5, 5.41) is 0. The van der Waals surface area contributed by atoms with Gasteiger partial charge in [-0.25, -0.2) is 0 Å². The van der Waals surface area contributed by atoms with Gasteiger partial charge in [-0.05, 0) is 13.0 Å². The summed E-state index contributed by atoms with van der Waals surface area (Å²) in [4.78, 5) is 0. The largest absolute Gasteiger partial charge is 0.301 e.